The Morgan fingerprint density at radius 3 is 2.47 bits per heavy atom. The van der Waals surface area contributed by atoms with Gasteiger partial charge in [-0.2, -0.15) is 0 Å². The summed E-state index contributed by atoms with van der Waals surface area (Å²) in [5, 5.41) is 5.67. The van der Waals surface area contributed by atoms with E-state index in [2.05, 4.69) is 15.1 Å². The molecule has 0 atom stereocenters. The maximum Gasteiger partial charge on any atom is 0.341 e. The number of amides is 1. The van der Waals surface area contributed by atoms with E-state index in [4.69, 9.17) is 16.3 Å². The summed E-state index contributed by atoms with van der Waals surface area (Å²) >= 11 is 7.46. The first-order chi connectivity index (χ1) is 16.4. The molecule has 34 heavy (non-hydrogen) atoms. The SMILES string of the molecule is COC(=O)c1c(-c2ccccc2)csc1NC(=O)CN1CCN(Cc2ccc(F)cc2Cl)CC1. The van der Waals surface area contributed by atoms with Crippen molar-refractivity contribution in [2.24, 2.45) is 0 Å². The number of carbonyl (C=O) groups excluding carboxylic acids is 2. The monoisotopic (exact) mass is 501 g/mol. The minimum Gasteiger partial charge on any atom is -0.465 e. The van der Waals surface area contributed by atoms with E-state index in [0.29, 0.717) is 22.1 Å². The predicted molar refractivity (Wildman–Crippen MR) is 133 cm³/mol. The van der Waals surface area contributed by atoms with Crippen LogP contribution in [-0.4, -0.2) is 61.5 Å². The Hall–Kier alpha value is -2.78. The fraction of sp³-hybridized carbons (Fsp3) is 0.280. The molecule has 4 rings (SSSR count). The maximum atomic E-state index is 13.3. The van der Waals surface area contributed by atoms with Crippen LogP contribution >= 0.6 is 22.9 Å². The van der Waals surface area contributed by atoms with Gasteiger partial charge in [-0.3, -0.25) is 14.6 Å². The van der Waals surface area contributed by atoms with Gasteiger partial charge in [0.25, 0.3) is 0 Å². The van der Waals surface area contributed by atoms with Gasteiger partial charge in [-0.1, -0.05) is 48.0 Å². The van der Waals surface area contributed by atoms with Crippen LogP contribution in [0.3, 0.4) is 0 Å². The lowest BCUT2D eigenvalue weighted by Crippen LogP contribution is -2.48. The number of rotatable bonds is 7. The summed E-state index contributed by atoms with van der Waals surface area (Å²) in [6, 6.07) is 14.0. The Labute approximate surface area is 206 Å². The maximum absolute atomic E-state index is 13.3. The smallest absolute Gasteiger partial charge is 0.341 e. The number of benzene rings is 2. The lowest BCUT2D eigenvalue weighted by Gasteiger charge is -2.34. The number of hydrogen-bond acceptors (Lipinski definition) is 6. The molecule has 0 radical (unpaired) electrons. The molecule has 2 heterocycles. The molecule has 1 N–H and O–H groups in total. The zero-order valence-corrected chi connectivity index (χ0v) is 20.3. The number of ether oxygens (including phenoxy) is 1. The second-order valence-electron chi connectivity index (χ2n) is 8.05. The third-order valence-corrected chi connectivity index (χ3v) is 7.01. The van der Waals surface area contributed by atoms with E-state index in [1.54, 1.807) is 6.07 Å². The molecule has 9 heteroatoms. The third-order valence-electron chi connectivity index (χ3n) is 5.76. The molecule has 178 valence electrons. The van der Waals surface area contributed by atoms with Crippen LogP contribution in [0.4, 0.5) is 9.39 Å². The average molecular weight is 502 g/mol. The first-order valence-corrected chi connectivity index (χ1v) is 12.1. The van der Waals surface area contributed by atoms with Gasteiger partial charge in [0.05, 0.1) is 13.7 Å². The van der Waals surface area contributed by atoms with Crippen molar-refractivity contribution in [1.29, 1.82) is 0 Å². The van der Waals surface area contributed by atoms with Gasteiger partial charge >= 0.3 is 5.97 Å². The second kappa shape index (κ2) is 11.1. The van der Waals surface area contributed by atoms with E-state index >= 15 is 0 Å². The summed E-state index contributed by atoms with van der Waals surface area (Å²) in [4.78, 5) is 29.6. The summed E-state index contributed by atoms with van der Waals surface area (Å²) in [5.41, 5.74) is 2.88. The molecule has 2 aromatic carbocycles. The Morgan fingerprint density at radius 2 is 1.79 bits per heavy atom. The molecule has 0 aliphatic carbocycles. The Kier molecular flexibility index (Phi) is 7.95. The van der Waals surface area contributed by atoms with Crippen LogP contribution < -0.4 is 5.32 Å². The van der Waals surface area contributed by atoms with Gasteiger partial charge in [-0.15, -0.1) is 11.3 Å². The Balaban J connectivity index is 1.35. The molecule has 1 amide bonds. The van der Waals surface area contributed by atoms with Gasteiger partial charge in [0.1, 0.15) is 16.4 Å². The van der Waals surface area contributed by atoms with Gasteiger partial charge < -0.3 is 10.1 Å². The number of carbonyl (C=O) groups is 2. The van der Waals surface area contributed by atoms with Crippen LogP contribution in [0, 0.1) is 5.82 Å². The minimum atomic E-state index is -0.483. The van der Waals surface area contributed by atoms with Crippen molar-refractivity contribution in [3.05, 3.63) is 75.9 Å². The number of anilines is 1. The molecule has 1 fully saturated rings. The van der Waals surface area contributed by atoms with Gasteiger partial charge in [0.2, 0.25) is 5.91 Å². The van der Waals surface area contributed by atoms with Crippen LogP contribution in [0.15, 0.2) is 53.9 Å². The zero-order valence-electron chi connectivity index (χ0n) is 18.7. The number of thiophene rings is 1. The standard InChI is InChI=1S/C25H25ClFN3O3S/c1-33-25(32)23-20(17-5-3-2-4-6-17)16-34-24(23)28-22(31)15-30-11-9-29(10-12-30)14-18-7-8-19(27)13-21(18)26/h2-8,13,16H,9-12,14-15H2,1H3,(H,28,31). The van der Waals surface area contributed by atoms with Crippen LogP contribution in [0.5, 0.6) is 0 Å². The summed E-state index contributed by atoms with van der Waals surface area (Å²) < 4.78 is 18.2. The largest absolute Gasteiger partial charge is 0.465 e. The molecular formula is C25H25ClFN3O3S. The van der Waals surface area contributed by atoms with Crippen LogP contribution in [0.2, 0.25) is 5.02 Å². The highest BCUT2D eigenvalue weighted by atomic mass is 35.5. The molecule has 0 saturated carbocycles. The quantitative estimate of drug-likeness (QED) is 0.473. The van der Waals surface area contributed by atoms with E-state index in [1.165, 1.54) is 30.6 Å². The molecule has 6 nitrogen and oxygen atoms in total. The minimum absolute atomic E-state index is 0.179. The molecule has 0 spiro atoms. The van der Waals surface area contributed by atoms with Crippen molar-refractivity contribution in [2.45, 2.75) is 6.54 Å². The molecule has 0 bridgehead atoms. The average Bonchev–Trinajstić information content (AvgIpc) is 3.25. The fourth-order valence-corrected chi connectivity index (χ4v) is 5.15. The molecular weight excluding hydrogens is 477 g/mol. The Morgan fingerprint density at radius 1 is 1.09 bits per heavy atom. The number of hydrogen-bond donors (Lipinski definition) is 1. The van der Waals surface area contributed by atoms with E-state index in [1.807, 2.05) is 35.7 Å². The van der Waals surface area contributed by atoms with E-state index in [-0.39, 0.29) is 18.3 Å². The van der Waals surface area contributed by atoms with Gasteiger partial charge in [0.15, 0.2) is 0 Å². The summed E-state index contributed by atoms with van der Waals surface area (Å²) in [5.74, 6) is -1.01. The predicted octanol–water partition coefficient (Wildman–Crippen LogP) is 4.75. The van der Waals surface area contributed by atoms with Crippen LogP contribution in [-0.2, 0) is 16.1 Å². The lowest BCUT2D eigenvalue weighted by molar-refractivity contribution is -0.117. The summed E-state index contributed by atoms with van der Waals surface area (Å²) in [6.07, 6.45) is 0. The van der Waals surface area contributed by atoms with Crippen LogP contribution in [0.1, 0.15) is 15.9 Å². The number of esters is 1. The highest BCUT2D eigenvalue weighted by Crippen LogP contribution is 2.36. The first-order valence-electron chi connectivity index (χ1n) is 10.9. The lowest BCUT2D eigenvalue weighted by atomic mass is 10.0. The van der Waals surface area contributed by atoms with Crippen LogP contribution in [0.25, 0.3) is 11.1 Å². The van der Waals surface area contributed by atoms with E-state index in [9.17, 15) is 14.0 Å². The Bertz CT molecular complexity index is 1160. The third kappa shape index (κ3) is 5.82. The molecule has 1 aliphatic rings. The number of nitrogens with one attached hydrogen (secondary N) is 1. The topological polar surface area (TPSA) is 61.9 Å². The zero-order chi connectivity index (χ0) is 24.1. The van der Waals surface area contributed by atoms with Crippen molar-refractivity contribution in [3.8, 4) is 11.1 Å². The van der Waals surface area contributed by atoms with Crippen molar-refractivity contribution < 1.29 is 18.7 Å². The summed E-state index contributed by atoms with van der Waals surface area (Å²) in [6.45, 7) is 3.84. The van der Waals surface area contributed by atoms with Crippen molar-refractivity contribution in [3.63, 3.8) is 0 Å². The van der Waals surface area contributed by atoms with Gasteiger partial charge in [0, 0.05) is 48.7 Å². The molecule has 1 aromatic heterocycles. The van der Waals surface area contributed by atoms with Crippen molar-refractivity contribution in [2.75, 3.05) is 45.2 Å². The van der Waals surface area contributed by atoms with Gasteiger partial charge in [-0.05, 0) is 23.3 Å². The highest BCUT2D eigenvalue weighted by molar-refractivity contribution is 7.15. The normalized spacial score (nSPS) is 14.7. The molecule has 3 aromatic rings. The van der Waals surface area contributed by atoms with E-state index < -0.39 is 5.97 Å². The highest BCUT2D eigenvalue weighted by Gasteiger charge is 2.24. The first kappa shape index (κ1) is 24.3. The number of halogens is 2. The summed E-state index contributed by atoms with van der Waals surface area (Å²) in [7, 11) is 1.33. The van der Waals surface area contributed by atoms with Crippen molar-refractivity contribution in [1.82, 2.24) is 9.80 Å². The number of piperazine rings is 1. The fourth-order valence-electron chi connectivity index (χ4n) is 3.95. The molecule has 1 aliphatic heterocycles. The van der Waals surface area contributed by atoms with Gasteiger partial charge in [-0.25, -0.2) is 9.18 Å². The van der Waals surface area contributed by atoms with E-state index in [0.717, 1.165) is 42.9 Å². The van der Waals surface area contributed by atoms with Crippen molar-refractivity contribution >= 4 is 39.8 Å². The molecule has 0 unspecified atom stereocenters. The number of nitrogens with zero attached hydrogens (tertiary/aromatic N) is 2. The number of methoxy groups -OCH3 is 1. The molecule has 1 saturated heterocycles. The second-order valence-corrected chi connectivity index (χ2v) is 9.33.